The standard InChI is InChI=1S/C30H24ClN5O2S/c1-18(2)38-25-14-11-21(15-19(25)3)27-22(17-35(33-27)24-7-5-4-6-8-24)16-26-29(37)36-30(39-26)32-28(34-36)20-9-12-23(31)13-10-20/h4-18H,1-3H3/b26-16-. The van der Waals surface area contributed by atoms with Gasteiger partial charge in [-0.15, -0.1) is 5.10 Å². The molecule has 3 aromatic heterocycles. The number of para-hydroxylation sites is 1. The number of hydrogen-bond acceptors (Lipinski definition) is 6. The van der Waals surface area contributed by atoms with Crippen molar-refractivity contribution in [2.75, 3.05) is 0 Å². The number of aromatic nitrogens is 5. The van der Waals surface area contributed by atoms with Crippen LogP contribution < -0.4 is 14.8 Å². The summed E-state index contributed by atoms with van der Waals surface area (Å²) in [5.74, 6) is 1.32. The van der Waals surface area contributed by atoms with E-state index in [1.54, 1.807) is 12.1 Å². The van der Waals surface area contributed by atoms with Gasteiger partial charge in [-0.3, -0.25) is 4.79 Å². The van der Waals surface area contributed by atoms with Crippen LogP contribution in [0.15, 0.2) is 83.8 Å². The Hall–Kier alpha value is -4.27. The number of aryl methyl sites for hydroxylation is 1. The zero-order valence-corrected chi connectivity index (χ0v) is 23.1. The third-order valence-electron chi connectivity index (χ3n) is 6.15. The normalized spacial score (nSPS) is 12.1. The van der Waals surface area contributed by atoms with E-state index in [1.807, 2.05) is 92.3 Å². The number of benzene rings is 3. The van der Waals surface area contributed by atoms with Crippen molar-refractivity contribution in [3.05, 3.63) is 110 Å². The summed E-state index contributed by atoms with van der Waals surface area (Å²) < 4.78 is 9.63. The number of fused-ring (bicyclic) bond motifs is 1. The summed E-state index contributed by atoms with van der Waals surface area (Å²) in [6.07, 6.45) is 3.88. The molecule has 6 aromatic rings. The maximum atomic E-state index is 13.3. The van der Waals surface area contributed by atoms with Crippen molar-refractivity contribution in [3.8, 4) is 34.1 Å². The highest BCUT2D eigenvalue weighted by Crippen LogP contribution is 2.29. The molecule has 0 fully saturated rings. The smallest absolute Gasteiger partial charge is 0.291 e. The first-order chi connectivity index (χ1) is 18.9. The van der Waals surface area contributed by atoms with Gasteiger partial charge in [0.25, 0.3) is 5.56 Å². The lowest BCUT2D eigenvalue weighted by molar-refractivity contribution is 0.241. The summed E-state index contributed by atoms with van der Waals surface area (Å²) in [7, 11) is 0. The highest BCUT2D eigenvalue weighted by atomic mass is 35.5. The monoisotopic (exact) mass is 553 g/mol. The van der Waals surface area contributed by atoms with Gasteiger partial charge < -0.3 is 4.74 Å². The van der Waals surface area contributed by atoms with Crippen LogP contribution in [-0.4, -0.2) is 30.5 Å². The van der Waals surface area contributed by atoms with Gasteiger partial charge in [0.1, 0.15) is 11.4 Å². The molecule has 0 unspecified atom stereocenters. The first-order valence-corrected chi connectivity index (χ1v) is 13.6. The predicted molar refractivity (Wildman–Crippen MR) is 156 cm³/mol. The van der Waals surface area contributed by atoms with Crippen molar-refractivity contribution in [2.24, 2.45) is 0 Å². The third-order valence-corrected chi connectivity index (χ3v) is 7.36. The highest BCUT2D eigenvalue weighted by molar-refractivity contribution is 7.15. The lowest BCUT2D eigenvalue weighted by Gasteiger charge is -2.13. The molecule has 194 valence electrons. The quantitative estimate of drug-likeness (QED) is 0.254. The Morgan fingerprint density at radius 2 is 1.72 bits per heavy atom. The third kappa shape index (κ3) is 4.96. The van der Waals surface area contributed by atoms with Crippen LogP contribution in [0.3, 0.4) is 0 Å². The molecule has 9 heteroatoms. The topological polar surface area (TPSA) is 74.3 Å². The predicted octanol–water partition coefficient (Wildman–Crippen LogP) is 5.97. The van der Waals surface area contributed by atoms with E-state index in [1.165, 1.54) is 15.9 Å². The molecule has 0 aliphatic heterocycles. The maximum absolute atomic E-state index is 13.3. The minimum Gasteiger partial charge on any atom is -0.491 e. The average molecular weight is 554 g/mol. The second kappa shape index (κ2) is 10.1. The van der Waals surface area contributed by atoms with Crippen molar-refractivity contribution < 1.29 is 4.74 Å². The van der Waals surface area contributed by atoms with Gasteiger partial charge in [-0.25, -0.2) is 4.68 Å². The summed E-state index contributed by atoms with van der Waals surface area (Å²) in [5, 5.41) is 10.00. The Balaban J connectivity index is 1.46. The minimum absolute atomic E-state index is 0.0813. The van der Waals surface area contributed by atoms with E-state index in [0.29, 0.717) is 20.3 Å². The molecular formula is C30H24ClN5O2S. The molecule has 0 atom stereocenters. The number of nitrogens with zero attached hydrogens (tertiary/aromatic N) is 5. The van der Waals surface area contributed by atoms with Gasteiger partial charge in [-0.1, -0.05) is 41.1 Å². The summed E-state index contributed by atoms with van der Waals surface area (Å²) in [4.78, 5) is 18.4. The van der Waals surface area contributed by atoms with Gasteiger partial charge in [-0.2, -0.15) is 14.6 Å². The molecule has 39 heavy (non-hydrogen) atoms. The van der Waals surface area contributed by atoms with Crippen molar-refractivity contribution in [3.63, 3.8) is 0 Å². The lowest BCUT2D eigenvalue weighted by Crippen LogP contribution is -2.23. The van der Waals surface area contributed by atoms with Crippen LogP contribution in [0.25, 0.3) is 39.4 Å². The summed E-state index contributed by atoms with van der Waals surface area (Å²) in [5.41, 5.74) is 5.02. The second-order valence-electron chi connectivity index (χ2n) is 9.41. The van der Waals surface area contributed by atoms with Crippen LogP contribution >= 0.6 is 22.9 Å². The Morgan fingerprint density at radius 3 is 2.41 bits per heavy atom. The number of ether oxygens (including phenoxy) is 1. The SMILES string of the molecule is Cc1cc(-c2nn(-c3ccccc3)cc2/C=c2\sc3nc(-c4ccc(Cl)cc4)nn3c2=O)ccc1OC(C)C. The molecule has 3 heterocycles. The molecule has 0 saturated carbocycles. The number of hydrogen-bond donors (Lipinski definition) is 0. The molecule has 6 rings (SSSR count). The fourth-order valence-electron chi connectivity index (χ4n) is 4.31. The zero-order chi connectivity index (χ0) is 27.1. The Kier molecular flexibility index (Phi) is 6.50. The van der Waals surface area contributed by atoms with Gasteiger partial charge >= 0.3 is 0 Å². The van der Waals surface area contributed by atoms with Crippen LogP contribution in [0.2, 0.25) is 5.02 Å². The molecule has 0 saturated heterocycles. The average Bonchev–Trinajstić information content (AvgIpc) is 3.61. The Morgan fingerprint density at radius 1 is 0.974 bits per heavy atom. The molecule has 0 spiro atoms. The van der Waals surface area contributed by atoms with E-state index in [4.69, 9.17) is 21.4 Å². The van der Waals surface area contributed by atoms with E-state index in [-0.39, 0.29) is 11.7 Å². The Bertz CT molecular complexity index is 1910. The number of halogens is 1. The van der Waals surface area contributed by atoms with Crippen LogP contribution in [-0.2, 0) is 0 Å². The molecule has 0 aliphatic rings. The van der Waals surface area contributed by atoms with Crippen molar-refractivity contribution in [1.82, 2.24) is 24.4 Å². The molecular weight excluding hydrogens is 530 g/mol. The molecule has 0 bridgehead atoms. The van der Waals surface area contributed by atoms with Crippen LogP contribution in [0, 0.1) is 6.92 Å². The Labute approximate surface area is 233 Å². The van der Waals surface area contributed by atoms with Gasteiger partial charge in [0.2, 0.25) is 4.96 Å². The van der Waals surface area contributed by atoms with Crippen molar-refractivity contribution >= 4 is 34.0 Å². The molecule has 0 aliphatic carbocycles. The van der Waals surface area contributed by atoms with E-state index < -0.39 is 0 Å². The van der Waals surface area contributed by atoms with Gasteiger partial charge in [0.05, 0.1) is 16.3 Å². The van der Waals surface area contributed by atoms with Gasteiger partial charge in [0, 0.05) is 27.9 Å². The molecule has 7 nitrogen and oxygen atoms in total. The molecule has 0 radical (unpaired) electrons. The van der Waals surface area contributed by atoms with Crippen molar-refractivity contribution in [1.29, 1.82) is 0 Å². The van der Waals surface area contributed by atoms with E-state index in [2.05, 4.69) is 16.1 Å². The summed E-state index contributed by atoms with van der Waals surface area (Å²) in [6, 6.07) is 23.1. The lowest BCUT2D eigenvalue weighted by atomic mass is 10.0. The van der Waals surface area contributed by atoms with Crippen LogP contribution in [0.5, 0.6) is 5.75 Å². The zero-order valence-electron chi connectivity index (χ0n) is 21.5. The first-order valence-electron chi connectivity index (χ1n) is 12.5. The maximum Gasteiger partial charge on any atom is 0.291 e. The minimum atomic E-state index is -0.224. The summed E-state index contributed by atoms with van der Waals surface area (Å²) in [6.45, 7) is 6.04. The first kappa shape index (κ1) is 25.0. The van der Waals surface area contributed by atoms with Crippen molar-refractivity contribution in [2.45, 2.75) is 26.9 Å². The second-order valence-corrected chi connectivity index (χ2v) is 10.9. The largest absolute Gasteiger partial charge is 0.491 e. The highest BCUT2D eigenvalue weighted by Gasteiger charge is 2.16. The molecule has 0 amide bonds. The van der Waals surface area contributed by atoms with E-state index in [0.717, 1.165) is 39.4 Å². The van der Waals surface area contributed by atoms with E-state index in [9.17, 15) is 4.79 Å². The van der Waals surface area contributed by atoms with Crippen LogP contribution in [0.4, 0.5) is 0 Å². The summed E-state index contributed by atoms with van der Waals surface area (Å²) >= 11 is 7.30. The van der Waals surface area contributed by atoms with E-state index >= 15 is 0 Å². The van der Waals surface area contributed by atoms with Crippen LogP contribution in [0.1, 0.15) is 25.0 Å². The number of rotatable bonds is 6. The number of thiazole rings is 1. The molecule has 0 N–H and O–H groups in total. The molecule has 3 aromatic carbocycles. The fraction of sp³-hybridized carbons (Fsp3) is 0.133. The van der Waals surface area contributed by atoms with Gasteiger partial charge in [0.15, 0.2) is 5.82 Å². The van der Waals surface area contributed by atoms with Gasteiger partial charge in [-0.05, 0) is 87.0 Å². The fourth-order valence-corrected chi connectivity index (χ4v) is 5.33.